The van der Waals surface area contributed by atoms with Crippen molar-refractivity contribution in [1.29, 1.82) is 0 Å². The van der Waals surface area contributed by atoms with Crippen LogP contribution in [0, 0.1) is 13.8 Å². The zero-order valence-corrected chi connectivity index (χ0v) is 10.9. The third-order valence-corrected chi connectivity index (χ3v) is 4.10. The van der Waals surface area contributed by atoms with Gasteiger partial charge in [0.15, 0.2) is 0 Å². The summed E-state index contributed by atoms with van der Waals surface area (Å²) in [6.45, 7) is 4.14. The molecule has 92 valence electrons. The minimum Gasteiger partial charge on any atom is -0.480 e. The summed E-state index contributed by atoms with van der Waals surface area (Å²) < 4.78 is 0. The van der Waals surface area contributed by atoms with Crippen molar-refractivity contribution in [2.75, 3.05) is 5.75 Å². The number of nitrogens with one attached hydrogen (secondary N) is 1. The second-order valence-electron chi connectivity index (χ2n) is 4.52. The number of thioether (sulfide) groups is 1. The molecule has 1 aliphatic rings. The molecule has 0 spiro atoms. The van der Waals surface area contributed by atoms with E-state index < -0.39 is 12.0 Å². The van der Waals surface area contributed by atoms with Crippen molar-refractivity contribution in [1.82, 2.24) is 5.32 Å². The molecule has 2 N–H and O–H groups in total. The number of carboxylic acid groups (broad SMARTS) is 1. The zero-order chi connectivity index (χ0) is 12.4. The van der Waals surface area contributed by atoms with E-state index in [2.05, 4.69) is 37.4 Å². The number of rotatable bonds is 2. The van der Waals surface area contributed by atoms with Crippen molar-refractivity contribution in [2.24, 2.45) is 0 Å². The Morgan fingerprint density at radius 2 is 2.00 bits per heavy atom. The molecule has 1 aliphatic heterocycles. The first kappa shape index (κ1) is 12.5. The molecule has 2 unspecified atom stereocenters. The highest BCUT2D eigenvalue weighted by atomic mass is 32.2. The van der Waals surface area contributed by atoms with Crippen LogP contribution >= 0.6 is 11.8 Å². The number of benzene rings is 1. The van der Waals surface area contributed by atoms with Gasteiger partial charge in [-0.15, -0.1) is 11.8 Å². The monoisotopic (exact) mass is 251 g/mol. The lowest BCUT2D eigenvalue weighted by Crippen LogP contribution is -2.41. The van der Waals surface area contributed by atoms with Crippen LogP contribution in [-0.4, -0.2) is 22.9 Å². The minimum absolute atomic E-state index is 0.100. The summed E-state index contributed by atoms with van der Waals surface area (Å²) in [5.41, 5.74) is 3.62. The highest BCUT2D eigenvalue weighted by molar-refractivity contribution is 7.99. The molecule has 0 aromatic heterocycles. The van der Waals surface area contributed by atoms with Crippen molar-refractivity contribution >= 4 is 17.7 Å². The highest BCUT2D eigenvalue weighted by Crippen LogP contribution is 2.32. The van der Waals surface area contributed by atoms with Crippen molar-refractivity contribution in [3.8, 4) is 0 Å². The van der Waals surface area contributed by atoms with E-state index in [1.54, 1.807) is 11.8 Å². The number of aryl methyl sites for hydroxylation is 2. The predicted molar refractivity (Wildman–Crippen MR) is 70.3 cm³/mol. The third-order valence-electron chi connectivity index (χ3n) is 2.89. The molecular weight excluding hydrogens is 234 g/mol. The summed E-state index contributed by atoms with van der Waals surface area (Å²) in [4.78, 5) is 11.0. The lowest BCUT2D eigenvalue weighted by atomic mass is 10.1. The van der Waals surface area contributed by atoms with Crippen LogP contribution < -0.4 is 5.32 Å². The van der Waals surface area contributed by atoms with Crippen molar-refractivity contribution in [2.45, 2.75) is 31.7 Å². The van der Waals surface area contributed by atoms with Gasteiger partial charge in [-0.3, -0.25) is 10.1 Å². The quantitative estimate of drug-likeness (QED) is 0.848. The Morgan fingerprint density at radius 3 is 2.59 bits per heavy atom. The highest BCUT2D eigenvalue weighted by Gasteiger charge is 2.27. The third kappa shape index (κ3) is 3.01. The van der Waals surface area contributed by atoms with E-state index in [4.69, 9.17) is 5.11 Å². The average Bonchev–Trinajstić information content (AvgIpc) is 2.28. The van der Waals surface area contributed by atoms with Gasteiger partial charge in [-0.25, -0.2) is 0 Å². The first-order valence-electron chi connectivity index (χ1n) is 5.75. The number of aliphatic carboxylic acids is 1. The fraction of sp³-hybridized carbons (Fsp3) is 0.462. The summed E-state index contributed by atoms with van der Waals surface area (Å²) in [6.07, 6.45) is 0.696. The van der Waals surface area contributed by atoms with Crippen LogP contribution in [-0.2, 0) is 4.79 Å². The molecule has 17 heavy (non-hydrogen) atoms. The molecule has 2 rings (SSSR count). The largest absolute Gasteiger partial charge is 0.480 e. The molecule has 0 amide bonds. The molecule has 3 nitrogen and oxygen atoms in total. The first-order valence-corrected chi connectivity index (χ1v) is 6.80. The molecule has 0 bridgehead atoms. The number of carbonyl (C=O) groups is 1. The van der Waals surface area contributed by atoms with Gasteiger partial charge in [0.2, 0.25) is 0 Å². The maximum atomic E-state index is 11.0. The maximum absolute atomic E-state index is 11.0. The van der Waals surface area contributed by atoms with Crippen molar-refractivity contribution in [3.63, 3.8) is 0 Å². The van der Waals surface area contributed by atoms with Crippen LogP contribution in [0.15, 0.2) is 18.2 Å². The first-order chi connectivity index (χ1) is 8.06. The van der Waals surface area contributed by atoms with Crippen LogP contribution in [0.2, 0.25) is 0 Å². The standard InChI is InChI=1S/C13H17NO2S/c1-8-5-9(2)7-10(6-8)12-14-11(13(15)16)3-4-17-12/h5-7,11-12,14H,3-4H2,1-2H3,(H,15,16). The SMILES string of the molecule is Cc1cc(C)cc(C2NC(C(=O)O)CCS2)c1. The Bertz CT molecular complexity index is 413. The van der Waals surface area contributed by atoms with Crippen molar-refractivity contribution < 1.29 is 9.90 Å². The zero-order valence-electron chi connectivity index (χ0n) is 10.1. The molecule has 2 atom stereocenters. The van der Waals surface area contributed by atoms with E-state index in [0.29, 0.717) is 6.42 Å². The molecule has 1 heterocycles. The summed E-state index contributed by atoms with van der Waals surface area (Å²) in [7, 11) is 0. The van der Waals surface area contributed by atoms with E-state index in [9.17, 15) is 4.79 Å². The Morgan fingerprint density at radius 1 is 1.35 bits per heavy atom. The minimum atomic E-state index is -0.750. The van der Waals surface area contributed by atoms with Crippen LogP contribution in [0.3, 0.4) is 0 Å². The van der Waals surface area contributed by atoms with Gasteiger partial charge in [0.25, 0.3) is 0 Å². The Hall–Kier alpha value is -1.00. The molecule has 0 saturated carbocycles. The lowest BCUT2D eigenvalue weighted by Gasteiger charge is -2.28. The lowest BCUT2D eigenvalue weighted by molar-refractivity contribution is -0.139. The number of carboxylic acids is 1. The van der Waals surface area contributed by atoms with Gasteiger partial charge in [-0.2, -0.15) is 0 Å². The summed E-state index contributed by atoms with van der Waals surface area (Å²) >= 11 is 1.78. The normalized spacial score (nSPS) is 24.6. The molecular formula is C13H17NO2S. The summed E-state index contributed by atoms with van der Waals surface area (Å²) in [5, 5.41) is 12.3. The molecule has 1 fully saturated rings. The molecule has 1 aromatic carbocycles. The Labute approximate surface area is 106 Å². The number of hydrogen-bond acceptors (Lipinski definition) is 3. The Kier molecular flexibility index (Phi) is 3.74. The van der Waals surface area contributed by atoms with E-state index in [1.165, 1.54) is 16.7 Å². The van der Waals surface area contributed by atoms with Crippen molar-refractivity contribution in [3.05, 3.63) is 34.9 Å². The summed E-state index contributed by atoms with van der Waals surface area (Å²) in [6, 6.07) is 5.97. The average molecular weight is 251 g/mol. The van der Waals surface area contributed by atoms with Gasteiger partial charge < -0.3 is 5.11 Å². The van der Waals surface area contributed by atoms with E-state index in [1.807, 2.05) is 0 Å². The maximum Gasteiger partial charge on any atom is 0.320 e. The van der Waals surface area contributed by atoms with Crippen LogP contribution in [0.4, 0.5) is 0 Å². The van der Waals surface area contributed by atoms with Gasteiger partial charge >= 0.3 is 5.97 Å². The smallest absolute Gasteiger partial charge is 0.320 e. The fourth-order valence-corrected chi connectivity index (χ4v) is 3.36. The van der Waals surface area contributed by atoms with Gasteiger partial charge in [-0.1, -0.05) is 29.3 Å². The van der Waals surface area contributed by atoms with Gasteiger partial charge in [0.05, 0.1) is 5.37 Å². The number of hydrogen-bond donors (Lipinski definition) is 2. The van der Waals surface area contributed by atoms with Crippen LogP contribution in [0.1, 0.15) is 28.5 Å². The fourth-order valence-electron chi connectivity index (χ4n) is 2.17. The van der Waals surface area contributed by atoms with Crippen LogP contribution in [0.25, 0.3) is 0 Å². The van der Waals surface area contributed by atoms with Gasteiger partial charge in [-0.05, 0) is 31.6 Å². The second-order valence-corrected chi connectivity index (χ2v) is 5.73. The van der Waals surface area contributed by atoms with Gasteiger partial charge in [0, 0.05) is 0 Å². The second kappa shape index (κ2) is 5.10. The molecule has 4 heteroatoms. The summed E-state index contributed by atoms with van der Waals surface area (Å²) in [5.74, 6) is 0.140. The Balaban J connectivity index is 2.18. The van der Waals surface area contributed by atoms with E-state index in [0.717, 1.165) is 5.75 Å². The molecule has 0 aliphatic carbocycles. The van der Waals surface area contributed by atoms with E-state index >= 15 is 0 Å². The van der Waals surface area contributed by atoms with Crippen LogP contribution in [0.5, 0.6) is 0 Å². The molecule has 0 radical (unpaired) electrons. The molecule has 1 aromatic rings. The topological polar surface area (TPSA) is 49.3 Å². The van der Waals surface area contributed by atoms with Gasteiger partial charge in [0.1, 0.15) is 6.04 Å². The molecule has 1 saturated heterocycles. The predicted octanol–water partition coefficient (Wildman–Crippen LogP) is 2.48. The van der Waals surface area contributed by atoms with E-state index in [-0.39, 0.29) is 5.37 Å².